The van der Waals surface area contributed by atoms with Crippen molar-refractivity contribution in [2.45, 2.75) is 0 Å². The molecule has 2 N–H and O–H groups in total. The smallest absolute Gasteiger partial charge is 0.693 e. The largest absolute Gasteiger partial charge is 0.693 e. The number of hydrogen-bond donors (Lipinski definition) is 0. The molecule has 0 aromatic rings. The maximum absolute atomic E-state index is 3.23. The summed E-state index contributed by atoms with van der Waals surface area (Å²) >= 11 is 2.16. The Balaban J connectivity index is 0. The fourth-order valence-corrected chi connectivity index (χ4v) is 0. The Morgan fingerprint density at radius 3 is 1.80 bits per heavy atom. The van der Waals surface area contributed by atoms with Crippen LogP contribution < -0.4 is 0 Å². The van der Waals surface area contributed by atoms with Gasteiger partial charge >= 0.3 is 34.4 Å². The summed E-state index contributed by atoms with van der Waals surface area (Å²) in [6, 6.07) is 0. The third-order valence-corrected chi connectivity index (χ3v) is 0.370. The summed E-state index contributed by atoms with van der Waals surface area (Å²) in [5.74, 6) is 0. The molecule has 0 aliphatic carbocycles. The van der Waals surface area contributed by atoms with Crippen LogP contribution in [0.25, 0.3) is 6.15 Å². The summed E-state index contributed by atoms with van der Waals surface area (Å²) < 4.78 is 2.50. The Hall–Kier alpha value is 0.0134. The molecular weight excluding hydrogens is 151 g/mol. The van der Waals surface area contributed by atoms with Gasteiger partial charge in [-0.25, -0.2) is 0 Å². The van der Waals surface area contributed by atoms with E-state index in [1.807, 2.05) is 0 Å². The summed E-state index contributed by atoms with van der Waals surface area (Å²) in [7, 11) is 0. The van der Waals surface area contributed by atoms with Gasteiger partial charge in [0.2, 0.25) is 0 Å². The van der Waals surface area contributed by atoms with E-state index in [-0.39, 0.29) is 6.15 Å². The third kappa shape index (κ3) is 15.8. The maximum atomic E-state index is 3.23. The Kier molecular flexibility index (Phi) is 16.0. The first-order valence-corrected chi connectivity index (χ1v) is 1.65. The minimum atomic E-state index is 0. The standard InChI is InChI=1S/C3H2.H2N.Ru/c1-3-2;;/h1H2;1H2;/q;-1;+1. The van der Waals surface area contributed by atoms with Crippen LogP contribution in [0.3, 0.4) is 0 Å². The van der Waals surface area contributed by atoms with Gasteiger partial charge in [-0.1, -0.05) is 0 Å². The molecule has 0 spiro atoms. The van der Waals surface area contributed by atoms with Gasteiger partial charge in [-0.3, -0.25) is 0 Å². The van der Waals surface area contributed by atoms with Crippen LogP contribution in [0.1, 0.15) is 0 Å². The summed E-state index contributed by atoms with van der Waals surface area (Å²) in [6.45, 7) is 3.23. The van der Waals surface area contributed by atoms with Crippen molar-refractivity contribution in [1.29, 1.82) is 0 Å². The summed E-state index contributed by atoms with van der Waals surface area (Å²) in [5, 5.41) is 0. The van der Waals surface area contributed by atoms with Gasteiger partial charge in [0, 0.05) is 0 Å². The molecule has 0 heterocycles. The van der Waals surface area contributed by atoms with Crippen molar-refractivity contribution in [1.82, 2.24) is 0 Å². The van der Waals surface area contributed by atoms with Crippen LogP contribution in [0.2, 0.25) is 0 Å². The van der Waals surface area contributed by atoms with Crippen LogP contribution in [0.4, 0.5) is 0 Å². The van der Waals surface area contributed by atoms with Crippen molar-refractivity contribution < 1.29 is 17.9 Å². The molecule has 0 aliphatic rings. The number of rotatable bonds is 0. The summed E-state index contributed by atoms with van der Waals surface area (Å²) in [5.41, 5.74) is 2.40. The molecule has 0 bridgehead atoms. The topological polar surface area (TPSA) is 33.5 Å². The van der Waals surface area contributed by atoms with Crippen molar-refractivity contribution in [3.05, 3.63) is 18.5 Å². The van der Waals surface area contributed by atoms with E-state index in [1.54, 1.807) is 0 Å². The number of hydrogen-bond acceptors (Lipinski definition) is 0. The molecule has 29 valence electrons. The van der Waals surface area contributed by atoms with Crippen LogP contribution in [0.5, 0.6) is 0 Å². The van der Waals surface area contributed by atoms with E-state index in [4.69, 9.17) is 0 Å². The number of nitrogens with two attached hydrogens (primary N) is 1. The second kappa shape index (κ2) is 8.99. The second-order valence-electron chi connectivity index (χ2n) is 0.265. The molecule has 0 unspecified atom stereocenters. The molecular formula is C3H4NRu. The van der Waals surface area contributed by atoms with E-state index in [1.165, 1.54) is 0 Å². The van der Waals surface area contributed by atoms with Crippen LogP contribution in [0, 0.1) is 0 Å². The molecule has 2 heteroatoms. The first kappa shape index (κ1) is 8.89. The molecule has 5 heavy (non-hydrogen) atoms. The van der Waals surface area contributed by atoms with Gasteiger partial charge in [0.25, 0.3) is 0 Å². The molecule has 0 amide bonds. The van der Waals surface area contributed by atoms with Crippen LogP contribution >= 0.6 is 0 Å². The predicted octanol–water partition coefficient (Wildman–Crippen LogP) is 0.992. The fraction of sp³-hybridized carbons (Fsp3) is 0. The molecule has 0 atom stereocenters. The molecule has 0 saturated heterocycles. The second-order valence-corrected chi connectivity index (χ2v) is 0.700. The minimum Gasteiger partial charge on any atom is -0.693 e. The first-order valence-electron chi connectivity index (χ1n) is 0.780. The zero-order valence-electron chi connectivity index (χ0n) is 2.64. The molecule has 0 rings (SSSR count). The molecule has 0 fully saturated rings. The monoisotopic (exact) mass is 156 g/mol. The van der Waals surface area contributed by atoms with Crippen LogP contribution in [0.15, 0.2) is 12.3 Å². The van der Waals surface area contributed by atoms with Crippen molar-refractivity contribution in [2.75, 3.05) is 0 Å². The van der Waals surface area contributed by atoms with Crippen molar-refractivity contribution in [2.24, 2.45) is 0 Å². The SMILES string of the molecule is C=C=[C]=[Ru+].[NH2-]. The van der Waals surface area contributed by atoms with Gasteiger partial charge in [0.05, 0.1) is 0 Å². The van der Waals surface area contributed by atoms with Gasteiger partial charge < -0.3 is 6.15 Å². The molecule has 0 aliphatic heterocycles. The Bertz CT molecular complexity index is 57.0. The van der Waals surface area contributed by atoms with Gasteiger partial charge in [0.1, 0.15) is 0 Å². The van der Waals surface area contributed by atoms with Gasteiger partial charge in [-0.05, 0) is 0 Å². The minimum absolute atomic E-state index is 0. The van der Waals surface area contributed by atoms with E-state index >= 15 is 0 Å². The third-order valence-electron chi connectivity index (χ3n) is 0.0625. The van der Waals surface area contributed by atoms with E-state index in [0.29, 0.717) is 0 Å². The van der Waals surface area contributed by atoms with Crippen LogP contribution in [-0.4, -0.2) is 4.26 Å². The van der Waals surface area contributed by atoms with E-state index in [0.717, 1.165) is 0 Å². The zero-order chi connectivity index (χ0) is 3.41. The van der Waals surface area contributed by atoms with Crippen molar-refractivity contribution in [3.63, 3.8) is 0 Å². The normalized spacial score (nSPS) is 2.40. The van der Waals surface area contributed by atoms with Gasteiger partial charge in [-0.2, -0.15) is 0 Å². The first-order chi connectivity index (χ1) is 1.91. The van der Waals surface area contributed by atoms with E-state index in [2.05, 4.69) is 34.4 Å². The average Bonchev–Trinajstić information content (AvgIpc) is 1.37. The zero-order valence-corrected chi connectivity index (χ0v) is 4.38. The quantitative estimate of drug-likeness (QED) is 0.369. The van der Waals surface area contributed by atoms with E-state index in [9.17, 15) is 0 Å². The Morgan fingerprint density at radius 2 is 1.80 bits per heavy atom. The maximum Gasteiger partial charge on any atom is -0.693 e. The van der Waals surface area contributed by atoms with Gasteiger partial charge in [0.15, 0.2) is 0 Å². The Labute approximate surface area is 41.2 Å². The van der Waals surface area contributed by atoms with E-state index < -0.39 is 0 Å². The molecule has 0 radical (unpaired) electrons. The predicted molar refractivity (Wildman–Crippen MR) is 19.4 cm³/mol. The van der Waals surface area contributed by atoms with Crippen molar-refractivity contribution in [3.8, 4) is 0 Å². The van der Waals surface area contributed by atoms with Crippen molar-refractivity contribution >= 4 is 4.26 Å². The average molecular weight is 155 g/mol. The van der Waals surface area contributed by atoms with Crippen LogP contribution in [-0.2, 0) is 17.9 Å². The molecule has 0 saturated carbocycles. The summed E-state index contributed by atoms with van der Waals surface area (Å²) in [6.07, 6.45) is 0. The van der Waals surface area contributed by atoms with Gasteiger partial charge in [-0.15, -0.1) is 0 Å². The summed E-state index contributed by atoms with van der Waals surface area (Å²) in [4.78, 5) is 0. The molecule has 1 nitrogen and oxygen atoms in total. The fourth-order valence-electron chi connectivity index (χ4n) is 0. The Morgan fingerprint density at radius 1 is 1.60 bits per heavy atom. The molecule has 0 aromatic carbocycles. The molecule has 0 aromatic heterocycles.